The monoisotopic (exact) mass is 333 g/mol. The number of aryl methyl sites for hydroxylation is 1. The van der Waals surface area contributed by atoms with Crippen LogP contribution in [0.15, 0.2) is 24.3 Å². The third-order valence-corrected chi connectivity index (χ3v) is 4.36. The molecule has 23 heavy (non-hydrogen) atoms. The maximum absolute atomic E-state index is 12.9. The van der Waals surface area contributed by atoms with Crippen LogP contribution in [0.2, 0.25) is 0 Å². The van der Waals surface area contributed by atoms with Crippen molar-refractivity contribution in [3.8, 4) is 5.75 Å². The van der Waals surface area contributed by atoms with Gasteiger partial charge in [0.25, 0.3) is 5.91 Å². The van der Waals surface area contributed by atoms with Crippen molar-refractivity contribution in [2.45, 2.75) is 27.3 Å². The molecule has 0 saturated heterocycles. The summed E-state index contributed by atoms with van der Waals surface area (Å²) in [6.07, 6.45) is 0. The average Bonchev–Trinajstić information content (AvgIpc) is 2.84. The first-order valence-corrected chi connectivity index (χ1v) is 8.37. The number of methoxy groups -OCH3 is 1. The molecule has 1 amide bonds. The van der Waals surface area contributed by atoms with Gasteiger partial charge in [0.05, 0.1) is 12.8 Å². The molecule has 0 aliphatic carbocycles. The first kappa shape index (κ1) is 17.3. The zero-order valence-electron chi connectivity index (χ0n) is 14.0. The van der Waals surface area contributed by atoms with Crippen molar-refractivity contribution in [3.63, 3.8) is 0 Å². The molecule has 0 unspecified atom stereocenters. The van der Waals surface area contributed by atoms with Gasteiger partial charge in [-0.3, -0.25) is 4.79 Å². The number of rotatable bonds is 6. The Labute approximate surface area is 141 Å². The Morgan fingerprint density at radius 3 is 2.74 bits per heavy atom. The fourth-order valence-corrected chi connectivity index (χ4v) is 3.21. The van der Waals surface area contributed by atoms with Crippen LogP contribution in [0.3, 0.4) is 0 Å². The number of thiazole rings is 1. The second-order valence-corrected chi connectivity index (χ2v) is 6.93. The van der Waals surface area contributed by atoms with Crippen LogP contribution in [0.5, 0.6) is 5.75 Å². The van der Waals surface area contributed by atoms with Crippen molar-refractivity contribution in [2.24, 2.45) is 5.92 Å². The molecule has 0 aliphatic rings. The van der Waals surface area contributed by atoms with E-state index in [0.29, 0.717) is 34.7 Å². The Morgan fingerprint density at radius 2 is 2.17 bits per heavy atom. The van der Waals surface area contributed by atoms with Gasteiger partial charge >= 0.3 is 0 Å². The summed E-state index contributed by atoms with van der Waals surface area (Å²) in [6, 6.07) is 7.78. The minimum absolute atomic E-state index is 0.0202. The van der Waals surface area contributed by atoms with E-state index in [0.717, 1.165) is 11.3 Å². The van der Waals surface area contributed by atoms with Crippen LogP contribution in [0.1, 0.15) is 34.8 Å². The molecule has 2 aromatic rings. The van der Waals surface area contributed by atoms with Gasteiger partial charge < -0.3 is 15.4 Å². The van der Waals surface area contributed by atoms with E-state index in [9.17, 15) is 4.79 Å². The second kappa shape index (κ2) is 7.46. The molecule has 0 fully saturated rings. The summed E-state index contributed by atoms with van der Waals surface area (Å²) in [5.74, 6) is 1.14. The van der Waals surface area contributed by atoms with E-state index in [1.54, 1.807) is 7.11 Å². The van der Waals surface area contributed by atoms with Crippen molar-refractivity contribution in [1.82, 2.24) is 9.88 Å². The fraction of sp³-hybridized carbons (Fsp3) is 0.412. The lowest BCUT2D eigenvalue weighted by Gasteiger charge is -2.24. The highest BCUT2D eigenvalue weighted by atomic mass is 32.1. The van der Waals surface area contributed by atoms with Crippen molar-refractivity contribution < 1.29 is 9.53 Å². The standard InChI is InChI=1S/C17H23N3O2S/c1-11(2)9-20(10-13-6-5-7-14(8-13)22-4)16(21)15-12(3)19-17(18)23-15/h5-8,11H,9-10H2,1-4H3,(H2,18,19). The quantitative estimate of drug-likeness (QED) is 0.880. The number of aromatic nitrogens is 1. The number of amides is 1. The third kappa shape index (κ3) is 4.45. The topological polar surface area (TPSA) is 68.5 Å². The SMILES string of the molecule is COc1cccc(CN(CC(C)C)C(=O)c2sc(N)nc2C)c1. The Bertz CT molecular complexity index is 682. The minimum Gasteiger partial charge on any atom is -0.497 e. The molecule has 0 spiro atoms. The van der Waals surface area contributed by atoms with Crippen LogP contribution < -0.4 is 10.5 Å². The van der Waals surface area contributed by atoms with Crippen LogP contribution in [0.4, 0.5) is 5.13 Å². The zero-order valence-corrected chi connectivity index (χ0v) is 14.8. The number of hydrogen-bond acceptors (Lipinski definition) is 5. The highest BCUT2D eigenvalue weighted by Crippen LogP contribution is 2.23. The maximum atomic E-state index is 12.9. The summed E-state index contributed by atoms with van der Waals surface area (Å²) in [7, 11) is 1.64. The van der Waals surface area contributed by atoms with E-state index in [-0.39, 0.29) is 5.91 Å². The number of carbonyl (C=O) groups is 1. The van der Waals surface area contributed by atoms with E-state index in [2.05, 4.69) is 18.8 Å². The summed E-state index contributed by atoms with van der Waals surface area (Å²) in [6.45, 7) is 7.22. The normalized spacial score (nSPS) is 10.8. The number of anilines is 1. The smallest absolute Gasteiger partial charge is 0.266 e. The first-order chi connectivity index (χ1) is 10.9. The van der Waals surface area contributed by atoms with Gasteiger partial charge in [0.1, 0.15) is 10.6 Å². The van der Waals surface area contributed by atoms with Crippen LogP contribution >= 0.6 is 11.3 Å². The Kier molecular flexibility index (Phi) is 5.60. The zero-order chi connectivity index (χ0) is 17.0. The van der Waals surface area contributed by atoms with E-state index in [1.807, 2.05) is 36.1 Å². The molecule has 0 aliphatic heterocycles. The number of ether oxygens (including phenoxy) is 1. The Hall–Kier alpha value is -2.08. The van der Waals surface area contributed by atoms with E-state index < -0.39 is 0 Å². The number of carbonyl (C=O) groups excluding carboxylic acids is 1. The molecule has 0 radical (unpaired) electrons. The van der Waals surface area contributed by atoms with Crippen LogP contribution in [0.25, 0.3) is 0 Å². The van der Waals surface area contributed by atoms with Gasteiger partial charge in [-0.05, 0) is 30.5 Å². The lowest BCUT2D eigenvalue weighted by Crippen LogP contribution is -2.33. The second-order valence-electron chi connectivity index (χ2n) is 5.90. The molecule has 1 aromatic heterocycles. The van der Waals surface area contributed by atoms with Gasteiger partial charge in [-0.2, -0.15) is 0 Å². The van der Waals surface area contributed by atoms with Crippen LogP contribution in [0, 0.1) is 12.8 Å². The summed E-state index contributed by atoms with van der Waals surface area (Å²) < 4.78 is 5.26. The van der Waals surface area contributed by atoms with Crippen molar-refractivity contribution >= 4 is 22.4 Å². The number of nitrogens with zero attached hydrogens (tertiary/aromatic N) is 2. The van der Waals surface area contributed by atoms with Gasteiger partial charge in [-0.25, -0.2) is 4.98 Å². The lowest BCUT2D eigenvalue weighted by molar-refractivity contribution is 0.0726. The number of nitrogens with two attached hydrogens (primary N) is 1. The van der Waals surface area contributed by atoms with Gasteiger partial charge in [-0.15, -0.1) is 0 Å². The molecule has 6 heteroatoms. The predicted molar refractivity (Wildman–Crippen MR) is 93.8 cm³/mol. The first-order valence-electron chi connectivity index (χ1n) is 7.55. The summed E-state index contributed by atoms with van der Waals surface area (Å²) >= 11 is 1.25. The molecule has 1 heterocycles. The average molecular weight is 333 g/mol. The van der Waals surface area contributed by atoms with Gasteiger partial charge in [0, 0.05) is 13.1 Å². The molecule has 2 rings (SSSR count). The summed E-state index contributed by atoms with van der Waals surface area (Å²) in [5.41, 5.74) is 7.46. The van der Waals surface area contributed by atoms with Crippen molar-refractivity contribution in [2.75, 3.05) is 19.4 Å². The lowest BCUT2D eigenvalue weighted by atomic mass is 10.1. The van der Waals surface area contributed by atoms with Crippen LogP contribution in [-0.4, -0.2) is 29.4 Å². The molecular weight excluding hydrogens is 310 g/mol. The molecule has 0 bridgehead atoms. The molecular formula is C17H23N3O2S. The molecule has 1 aromatic carbocycles. The number of hydrogen-bond donors (Lipinski definition) is 1. The molecule has 2 N–H and O–H groups in total. The van der Waals surface area contributed by atoms with E-state index in [1.165, 1.54) is 11.3 Å². The summed E-state index contributed by atoms with van der Waals surface area (Å²) in [5, 5.41) is 0.428. The highest BCUT2D eigenvalue weighted by molar-refractivity contribution is 7.17. The van der Waals surface area contributed by atoms with Gasteiger partial charge in [-0.1, -0.05) is 37.3 Å². The molecule has 5 nitrogen and oxygen atoms in total. The number of nitrogen functional groups attached to an aromatic ring is 1. The van der Waals surface area contributed by atoms with E-state index in [4.69, 9.17) is 10.5 Å². The Balaban J connectivity index is 2.25. The predicted octanol–water partition coefficient (Wildman–Crippen LogP) is 3.34. The maximum Gasteiger partial charge on any atom is 0.266 e. The molecule has 0 saturated carbocycles. The third-order valence-electron chi connectivity index (χ3n) is 3.39. The van der Waals surface area contributed by atoms with Gasteiger partial charge in [0.15, 0.2) is 5.13 Å². The highest BCUT2D eigenvalue weighted by Gasteiger charge is 2.22. The minimum atomic E-state index is -0.0202. The molecule has 124 valence electrons. The summed E-state index contributed by atoms with van der Waals surface area (Å²) in [4.78, 5) is 19.5. The van der Waals surface area contributed by atoms with Crippen molar-refractivity contribution in [1.29, 1.82) is 0 Å². The van der Waals surface area contributed by atoms with Gasteiger partial charge in [0.2, 0.25) is 0 Å². The van der Waals surface area contributed by atoms with Crippen LogP contribution in [-0.2, 0) is 6.54 Å². The van der Waals surface area contributed by atoms with E-state index >= 15 is 0 Å². The van der Waals surface area contributed by atoms with Crippen molar-refractivity contribution in [3.05, 3.63) is 40.4 Å². The molecule has 0 atom stereocenters. The number of benzene rings is 1. The Morgan fingerprint density at radius 1 is 1.43 bits per heavy atom. The fourth-order valence-electron chi connectivity index (χ4n) is 2.41. The largest absolute Gasteiger partial charge is 0.497 e.